The van der Waals surface area contributed by atoms with Gasteiger partial charge in [0, 0.05) is 31.6 Å². The van der Waals surface area contributed by atoms with Crippen molar-refractivity contribution in [1.29, 1.82) is 0 Å². The molecule has 1 N–H and O–H groups in total. The number of rotatable bonds is 19. The zero-order valence-electron chi connectivity index (χ0n) is 24.5. The van der Waals surface area contributed by atoms with Crippen LogP contribution in [0.3, 0.4) is 0 Å². The largest absolute Gasteiger partial charge is 0.369 e. The first-order chi connectivity index (χ1) is 19.4. The number of likely N-dealkylation sites (N-methyl/N-ethyl adjacent to an activating group) is 1. The van der Waals surface area contributed by atoms with E-state index < -0.39 is 6.04 Å². The molecular formula is C32H46ClN3O4. The second-order valence-corrected chi connectivity index (χ2v) is 10.6. The van der Waals surface area contributed by atoms with Crippen LogP contribution in [0.2, 0.25) is 5.02 Å². The van der Waals surface area contributed by atoms with E-state index in [2.05, 4.69) is 29.3 Å². The number of carbonyl (C=O) groups is 3. The number of halogens is 1. The van der Waals surface area contributed by atoms with Crippen LogP contribution >= 0.6 is 11.6 Å². The van der Waals surface area contributed by atoms with Crippen LogP contribution in [0.5, 0.6) is 0 Å². The van der Waals surface area contributed by atoms with E-state index >= 15 is 0 Å². The third kappa shape index (κ3) is 10.7. The van der Waals surface area contributed by atoms with Crippen molar-refractivity contribution in [3.8, 4) is 0 Å². The first-order valence-corrected chi connectivity index (χ1v) is 14.7. The lowest BCUT2D eigenvalue weighted by Crippen LogP contribution is -2.46. The molecule has 0 spiro atoms. The van der Waals surface area contributed by atoms with Gasteiger partial charge in [0.05, 0.1) is 12.7 Å². The van der Waals surface area contributed by atoms with Crippen molar-refractivity contribution in [2.24, 2.45) is 0 Å². The van der Waals surface area contributed by atoms with E-state index in [1.807, 2.05) is 44.2 Å². The maximum absolute atomic E-state index is 12.5. The molecule has 7 nitrogen and oxygen atoms in total. The van der Waals surface area contributed by atoms with E-state index in [9.17, 15) is 14.4 Å². The van der Waals surface area contributed by atoms with Gasteiger partial charge in [0.2, 0.25) is 12.3 Å². The van der Waals surface area contributed by atoms with Crippen molar-refractivity contribution in [3.05, 3.63) is 69.8 Å². The van der Waals surface area contributed by atoms with Crippen molar-refractivity contribution in [3.63, 3.8) is 0 Å². The Morgan fingerprint density at radius 2 is 2.02 bits per heavy atom. The Balaban J connectivity index is 1.95. The van der Waals surface area contributed by atoms with Crippen LogP contribution in [0.4, 0.5) is 0 Å². The lowest BCUT2D eigenvalue weighted by molar-refractivity contribution is -0.132. The summed E-state index contributed by atoms with van der Waals surface area (Å²) in [5.41, 5.74) is 4.51. The molecule has 8 heteroatoms. The zero-order valence-corrected chi connectivity index (χ0v) is 25.3. The third-order valence-electron chi connectivity index (χ3n) is 7.41. The van der Waals surface area contributed by atoms with Crippen LogP contribution in [0.15, 0.2) is 53.6 Å². The lowest BCUT2D eigenvalue weighted by atomic mass is 10.0. The van der Waals surface area contributed by atoms with Crippen LogP contribution in [-0.2, 0) is 25.7 Å². The number of allylic oxidation sites excluding steroid dienone is 4. The molecule has 0 saturated heterocycles. The quantitative estimate of drug-likeness (QED) is 0.129. The molecule has 0 radical (unpaired) electrons. The van der Waals surface area contributed by atoms with Gasteiger partial charge < -0.3 is 24.6 Å². The average molecular weight is 572 g/mol. The number of benzene rings is 1. The van der Waals surface area contributed by atoms with Gasteiger partial charge in [-0.3, -0.25) is 9.59 Å². The molecule has 2 rings (SSSR count). The molecule has 0 aliphatic carbocycles. The van der Waals surface area contributed by atoms with Gasteiger partial charge in [0.25, 0.3) is 0 Å². The van der Waals surface area contributed by atoms with E-state index in [0.717, 1.165) is 67.8 Å². The summed E-state index contributed by atoms with van der Waals surface area (Å²) in [6.45, 7) is 10.1. The number of aldehydes is 1. The van der Waals surface area contributed by atoms with Crippen LogP contribution in [0, 0.1) is 0 Å². The molecule has 0 bridgehead atoms. The Bertz CT molecular complexity index is 1050. The highest BCUT2D eigenvalue weighted by Gasteiger charge is 2.25. The van der Waals surface area contributed by atoms with Crippen LogP contribution in [0.1, 0.15) is 76.5 Å². The Labute approximate surface area is 245 Å². The van der Waals surface area contributed by atoms with Gasteiger partial charge in [0.15, 0.2) is 0 Å². The number of fused-ring (bicyclic) bond motifs is 1. The Hall–Kier alpha value is -2.74. The number of ether oxygens (including phenoxy) is 1. The maximum Gasteiger partial charge on any atom is 0.242 e. The Morgan fingerprint density at radius 3 is 2.70 bits per heavy atom. The number of amides is 2. The minimum Gasteiger partial charge on any atom is -0.369 e. The van der Waals surface area contributed by atoms with Crippen molar-refractivity contribution in [1.82, 2.24) is 15.1 Å². The maximum atomic E-state index is 12.5. The number of hydrogen-bond donors (Lipinski definition) is 1. The molecule has 1 aromatic rings. The molecular weight excluding hydrogens is 526 g/mol. The standard InChI is InChI=1S/C32H46ClN3O4/c1-5-7-12-25(3)26(22-36(24-38)30(14-11-20-37)32(39)34-4)13-9-8-10-18-35(6-2)19-17-31-29-21-28(33)16-15-27(29)23-40-31/h5,7,12-13,15-16,20-21,24,30-31H,6,8-11,14,17-19,22-23H2,1-4H3,(H,34,39)/b7-5-,25-12-,26-13+. The van der Waals surface area contributed by atoms with Crippen LogP contribution in [-0.4, -0.2) is 67.7 Å². The van der Waals surface area contributed by atoms with E-state index in [-0.39, 0.29) is 18.4 Å². The van der Waals surface area contributed by atoms with Crippen molar-refractivity contribution in [2.45, 2.75) is 78.0 Å². The first-order valence-electron chi connectivity index (χ1n) is 14.4. The number of carbonyl (C=O) groups excluding carboxylic acids is 3. The fourth-order valence-corrected chi connectivity index (χ4v) is 5.14. The van der Waals surface area contributed by atoms with Gasteiger partial charge in [-0.05, 0) is 93.4 Å². The Kier molecular flexibility index (Phi) is 15.5. The van der Waals surface area contributed by atoms with Gasteiger partial charge in [-0.15, -0.1) is 0 Å². The monoisotopic (exact) mass is 571 g/mol. The lowest BCUT2D eigenvalue weighted by Gasteiger charge is -2.28. The second-order valence-electron chi connectivity index (χ2n) is 10.1. The topological polar surface area (TPSA) is 79.0 Å². The van der Waals surface area contributed by atoms with E-state index in [1.165, 1.54) is 16.0 Å². The van der Waals surface area contributed by atoms with Crippen molar-refractivity contribution >= 4 is 30.2 Å². The summed E-state index contributed by atoms with van der Waals surface area (Å²) in [5, 5.41) is 3.37. The fraction of sp³-hybridized carbons (Fsp3) is 0.531. The van der Waals surface area contributed by atoms with Crippen molar-refractivity contribution < 1.29 is 19.1 Å². The summed E-state index contributed by atoms with van der Waals surface area (Å²) in [7, 11) is 1.54. The van der Waals surface area contributed by atoms with Crippen LogP contribution < -0.4 is 5.32 Å². The van der Waals surface area contributed by atoms with Gasteiger partial charge in [0.1, 0.15) is 12.3 Å². The molecule has 1 heterocycles. The average Bonchev–Trinajstić information content (AvgIpc) is 3.37. The molecule has 1 aliphatic heterocycles. The molecule has 2 unspecified atom stereocenters. The molecule has 0 saturated carbocycles. The summed E-state index contributed by atoms with van der Waals surface area (Å²) < 4.78 is 6.02. The molecule has 0 fully saturated rings. The molecule has 1 aromatic carbocycles. The summed E-state index contributed by atoms with van der Waals surface area (Å²) >= 11 is 6.21. The Morgan fingerprint density at radius 1 is 1.23 bits per heavy atom. The predicted octanol–water partition coefficient (Wildman–Crippen LogP) is 5.79. The SMILES string of the molecule is C\C=C/C=C(C)\C(=C\CCCCN(CC)CCC1OCc2ccc(Cl)cc21)CN(C=O)C(CCC=O)C(=O)NC. The summed E-state index contributed by atoms with van der Waals surface area (Å²) in [6, 6.07) is 5.33. The number of unbranched alkanes of at least 4 members (excludes halogenated alkanes) is 2. The molecule has 1 aliphatic rings. The minimum absolute atomic E-state index is 0.103. The first kappa shape index (κ1) is 33.5. The molecule has 2 atom stereocenters. The molecule has 220 valence electrons. The minimum atomic E-state index is -0.685. The zero-order chi connectivity index (χ0) is 29.3. The normalized spacial score (nSPS) is 16.3. The summed E-state index contributed by atoms with van der Waals surface area (Å²) in [6.07, 6.45) is 14.1. The number of hydrogen-bond acceptors (Lipinski definition) is 5. The molecule has 2 amide bonds. The fourth-order valence-electron chi connectivity index (χ4n) is 4.96. The smallest absolute Gasteiger partial charge is 0.242 e. The highest BCUT2D eigenvalue weighted by molar-refractivity contribution is 6.30. The molecule has 40 heavy (non-hydrogen) atoms. The van der Waals surface area contributed by atoms with Gasteiger partial charge >= 0.3 is 0 Å². The van der Waals surface area contributed by atoms with E-state index in [1.54, 1.807) is 7.05 Å². The van der Waals surface area contributed by atoms with E-state index in [0.29, 0.717) is 26.0 Å². The summed E-state index contributed by atoms with van der Waals surface area (Å²) in [5.74, 6) is -0.266. The predicted molar refractivity (Wildman–Crippen MR) is 162 cm³/mol. The van der Waals surface area contributed by atoms with Gasteiger partial charge in [-0.2, -0.15) is 0 Å². The van der Waals surface area contributed by atoms with Gasteiger partial charge in [-0.1, -0.05) is 48.9 Å². The van der Waals surface area contributed by atoms with Crippen molar-refractivity contribution in [2.75, 3.05) is 33.2 Å². The highest BCUT2D eigenvalue weighted by Crippen LogP contribution is 2.34. The second kappa shape index (κ2) is 18.6. The number of nitrogens with zero attached hydrogens (tertiary/aromatic N) is 2. The van der Waals surface area contributed by atoms with Gasteiger partial charge in [-0.25, -0.2) is 0 Å². The molecule has 0 aromatic heterocycles. The third-order valence-corrected chi connectivity index (χ3v) is 7.64. The highest BCUT2D eigenvalue weighted by atomic mass is 35.5. The number of nitrogens with one attached hydrogen (secondary N) is 1. The van der Waals surface area contributed by atoms with Crippen LogP contribution in [0.25, 0.3) is 0 Å². The van der Waals surface area contributed by atoms with E-state index in [4.69, 9.17) is 16.3 Å². The summed E-state index contributed by atoms with van der Waals surface area (Å²) in [4.78, 5) is 39.4.